The first-order chi connectivity index (χ1) is 9.74. The van der Waals surface area contributed by atoms with Gasteiger partial charge < -0.3 is 10.2 Å². The summed E-state index contributed by atoms with van der Waals surface area (Å²) in [6.07, 6.45) is 6.69. The van der Waals surface area contributed by atoms with Crippen LogP contribution in [0.4, 0.5) is 5.82 Å². The summed E-state index contributed by atoms with van der Waals surface area (Å²) < 4.78 is 0. The first kappa shape index (κ1) is 17.0. The van der Waals surface area contributed by atoms with Gasteiger partial charge in [-0.3, -0.25) is 0 Å². The Kier molecular flexibility index (Phi) is 8.28. The van der Waals surface area contributed by atoms with Crippen molar-refractivity contribution in [2.75, 3.05) is 18.0 Å². The third-order valence-electron chi connectivity index (χ3n) is 3.76. The zero-order chi connectivity index (χ0) is 14.8. The molecule has 20 heavy (non-hydrogen) atoms. The summed E-state index contributed by atoms with van der Waals surface area (Å²) in [6, 6.07) is 4.79. The minimum Gasteiger partial charge on any atom is -0.354 e. The number of nitrogens with zero attached hydrogens (tertiary/aromatic N) is 2. The Morgan fingerprint density at radius 1 is 1.25 bits per heavy atom. The van der Waals surface area contributed by atoms with E-state index < -0.39 is 0 Å². The van der Waals surface area contributed by atoms with Crippen molar-refractivity contribution in [3.63, 3.8) is 0 Å². The molecule has 3 nitrogen and oxygen atoms in total. The maximum atomic E-state index is 4.67. The van der Waals surface area contributed by atoms with E-state index in [2.05, 4.69) is 49.0 Å². The second kappa shape index (κ2) is 9.76. The van der Waals surface area contributed by atoms with Crippen molar-refractivity contribution in [1.82, 2.24) is 10.3 Å². The predicted octanol–water partition coefficient (Wildman–Crippen LogP) is 3.99. The molecule has 0 aliphatic carbocycles. The standard InChI is InChI=1S/C17H31N3/c1-5-8-13-20(15(4)7-3)17-16(10-9-12-19-17)14-18-11-6-2/h9-10,12,15,18H,5-8,11,13-14H2,1-4H3. The van der Waals surface area contributed by atoms with E-state index in [0.717, 1.165) is 26.1 Å². The maximum Gasteiger partial charge on any atom is 0.133 e. The number of nitrogens with one attached hydrogen (secondary N) is 1. The van der Waals surface area contributed by atoms with Crippen LogP contribution in [0.15, 0.2) is 18.3 Å². The number of hydrogen-bond acceptors (Lipinski definition) is 3. The lowest BCUT2D eigenvalue weighted by molar-refractivity contribution is 0.583. The highest BCUT2D eigenvalue weighted by atomic mass is 15.2. The Labute approximate surface area is 124 Å². The Balaban J connectivity index is 2.87. The van der Waals surface area contributed by atoms with E-state index in [9.17, 15) is 0 Å². The first-order valence-corrected chi connectivity index (χ1v) is 8.15. The summed E-state index contributed by atoms with van der Waals surface area (Å²) in [5.74, 6) is 1.17. The van der Waals surface area contributed by atoms with Crippen LogP contribution in [0.2, 0.25) is 0 Å². The Hall–Kier alpha value is -1.09. The smallest absolute Gasteiger partial charge is 0.133 e. The van der Waals surface area contributed by atoms with Gasteiger partial charge in [-0.2, -0.15) is 0 Å². The molecule has 1 N–H and O–H groups in total. The van der Waals surface area contributed by atoms with E-state index in [4.69, 9.17) is 0 Å². The maximum absolute atomic E-state index is 4.67. The molecule has 1 aromatic heterocycles. The van der Waals surface area contributed by atoms with E-state index in [-0.39, 0.29) is 0 Å². The highest BCUT2D eigenvalue weighted by molar-refractivity contribution is 5.47. The van der Waals surface area contributed by atoms with Gasteiger partial charge in [0.05, 0.1) is 0 Å². The van der Waals surface area contributed by atoms with Crippen molar-refractivity contribution in [1.29, 1.82) is 0 Å². The van der Waals surface area contributed by atoms with Crippen LogP contribution in [0.25, 0.3) is 0 Å². The molecule has 1 unspecified atom stereocenters. The molecule has 0 saturated carbocycles. The van der Waals surface area contributed by atoms with Crippen LogP contribution in [0.1, 0.15) is 58.9 Å². The summed E-state index contributed by atoms with van der Waals surface area (Å²) in [5.41, 5.74) is 1.32. The number of pyridine rings is 1. The Morgan fingerprint density at radius 3 is 2.70 bits per heavy atom. The molecule has 0 aliphatic rings. The number of aromatic nitrogens is 1. The van der Waals surface area contributed by atoms with Crippen LogP contribution in [0, 0.1) is 0 Å². The van der Waals surface area contributed by atoms with Crippen LogP contribution in [0.5, 0.6) is 0 Å². The fourth-order valence-electron chi connectivity index (χ4n) is 2.31. The molecule has 1 rings (SSSR count). The van der Waals surface area contributed by atoms with Crippen LogP contribution in [-0.2, 0) is 6.54 Å². The minimum atomic E-state index is 0.543. The van der Waals surface area contributed by atoms with Crippen LogP contribution >= 0.6 is 0 Å². The van der Waals surface area contributed by atoms with Gasteiger partial charge in [0.15, 0.2) is 0 Å². The fourth-order valence-corrected chi connectivity index (χ4v) is 2.31. The van der Waals surface area contributed by atoms with E-state index in [1.807, 2.05) is 12.3 Å². The molecule has 1 aromatic rings. The van der Waals surface area contributed by atoms with Gasteiger partial charge in [0.1, 0.15) is 5.82 Å². The number of anilines is 1. The average Bonchev–Trinajstić information content (AvgIpc) is 2.49. The molecule has 1 atom stereocenters. The summed E-state index contributed by atoms with van der Waals surface area (Å²) in [5, 5.41) is 3.49. The van der Waals surface area contributed by atoms with E-state index in [1.165, 1.54) is 30.6 Å². The largest absolute Gasteiger partial charge is 0.354 e. The van der Waals surface area contributed by atoms with Crippen molar-refractivity contribution in [2.45, 2.75) is 66.0 Å². The second-order valence-electron chi connectivity index (χ2n) is 5.47. The first-order valence-electron chi connectivity index (χ1n) is 8.15. The molecule has 114 valence electrons. The van der Waals surface area contributed by atoms with Crippen LogP contribution < -0.4 is 10.2 Å². The zero-order valence-electron chi connectivity index (χ0n) is 13.7. The van der Waals surface area contributed by atoms with Crippen molar-refractivity contribution in [3.05, 3.63) is 23.9 Å². The van der Waals surface area contributed by atoms with Gasteiger partial charge >= 0.3 is 0 Å². The van der Waals surface area contributed by atoms with Gasteiger partial charge in [-0.1, -0.05) is 33.3 Å². The minimum absolute atomic E-state index is 0.543. The van der Waals surface area contributed by atoms with Crippen molar-refractivity contribution < 1.29 is 0 Å². The van der Waals surface area contributed by atoms with E-state index >= 15 is 0 Å². The molecule has 0 spiro atoms. The molecule has 1 heterocycles. The average molecular weight is 277 g/mol. The number of unbranched alkanes of at least 4 members (excludes halogenated alkanes) is 1. The summed E-state index contributed by atoms with van der Waals surface area (Å²) >= 11 is 0. The fraction of sp³-hybridized carbons (Fsp3) is 0.706. The molecule has 0 bridgehead atoms. The topological polar surface area (TPSA) is 28.2 Å². The van der Waals surface area contributed by atoms with Crippen molar-refractivity contribution in [3.8, 4) is 0 Å². The second-order valence-corrected chi connectivity index (χ2v) is 5.47. The normalized spacial score (nSPS) is 12.4. The predicted molar refractivity (Wildman–Crippen MR) is 88.2 cm³/mol. The lowest BCUT2D eigenvalue weighted by Gasteiger charge is -2.31. The van der Waals surface area contributed by atoms with Crippen molar-refractivity contribution in [2.24, 2.45) is 0 Å². The highest BCUT2D eigenvalue weighted by Gasteiger charge is 2.16. The Bertz CT molecular complexity index is 365. The zero-order valence-corrected chi connectivity index (χ0v) is 13.7. The molecular formula is C17H31N3. The van der Waals surface area contributed by atoms with Crippen molar-refractivity contribution >= 4 is 5.82 Å². The molecule has 0 saturated heterocycles. The SMILES string of the molecule is CCCCN(c1ncccc1CNCCC)C(C)CC. The molecule has 0 radical (unpaired) electrons. The van der Waals surface area contributed by atoms with Gasteiger partial charge in [0.25, 0.3) is 0 Å². The van der Waals surface area contributed by atoms with Gasteiger partial charge in [-0.15, -0.1) is 0 Å². The van der Waals surface area contributed by atoms with Gasteiger partial charge in [-0.05, 0) is 38.8 Å². The number of hydrogen-bond donors (Lipinski definition) is 1. The summed E-state index contributed by atoms with van der Waals surface area (Å²) in [6.45, 7) is 12.1. The molecule has 0 fully saturated rings. The van der Waals surface area contributed by atoms with Crippen LogP contribution in [-0.4, -0.2) is 24.1 Å². The molecule has 0 aromatic carbocycles. The van der Waals surface area contributed by atoms with E-state index in [0.29, 0.717) is 6.04 Å². The molecule has 0 aliphatic heterocycles. The van der Waals surface area contributed by atoms with Crippen LogP contribution in [0.3, 0.4) is 0 Å². The molecule has 3 heteroatoms. The van der Waals surface area contributed by atoms with Gasteiger partial charge in [0.2, 0.25) is 0 Å². The molecular weight excluding hydrogens is 246 g/mol. The third kappa shape index (κ3) is 5.12. The molecule has 0 amide bonds. The number of rotatable bonds is 10. The summed E-state index contributed by atoms with van der Waals surface area (Å²) in [4.78, 5) is 7.14. The lowest BCUT2D eigenvalue weighted by Crippen LogP contribution is -2.35. The van der Waals surface area contributed by atoms with Gasteiger partial charge in [0, 0.05) is 30.9 Å². The highest BCUT2D eigenvalue weighted by Crippen LogP contribution is 2.21. The quantitative estimate of drug-likeness (QED) is 0.656. The van der Waals surface area contributed by atoms with Gasteiger partial charge in [-0.25, -0.2) is 4.98 Å². The lowest BCUT2D eigenvalue weighted by atomic mass is 10.1. The summed E-state index contributed by atoms with van der Waals surface area (Å²) in [7, 11) is 0. The van der Waals surface area contributed by atoms with E-state index in [1.54, 1.807) is 0 Å². The Morgan fingerprint density at radius 2 is 2.05 bits per heavy atom. The third-order valence-corrected chi connectivity index (χ3v) is 3.76. The monoisotopic (exact) mass is 277 g/mol.